The summed E-state index contributed by atoms with van der Waals surface area (Å²) in [6.07, 6.45) is 1.39. The minimum atomic E-state index is -2.88. The maximum Gasteiger partial charge on any atom is 0.144 e. The lowest BCUT2D eigenvalue weighted by atomic mass is 10.1. The molecule has 0 bridgehead atoms. The van der Waals surface area contributed by atoms with Crippen LogP contribution in [0.2, 0.25) is 0 Å². The van der Waals surface area contributed by atoms with Gasteiger partial charge in [-0.25, -0.2) is 0 Å². The molecule has 0 aliphatic heterocycles. The monoisotopic (exact) mass is 406 g/mol. The maximum atomic E-state index is 15.0. The third kappa shape index (κ3) is 3.36. The van der Waals surface area contributed by atoms with Crippen molar-refractivity contribution in [2.24, 2.45) is 0 Å². The van der Waals surface area contributed by atoms with Gasteiger partial charge < -0.3 is 4.57 Å². The largest absolute Gasteiger partial charge is 0.314 e. The first-order chi connectivity index (χ1) is 14.8. The topological polar surface area (TPSA) is 17.1 Å². The van der Waals surface area contributed by atoms with E-state index in [4.69, 9.17) is 0 Å². The van der Waals surface area contributed by atoms with Crippen molar-refractivity contribution in [2.45, 2.75) is 6.42 Å². The van der Waals surface area contributed by atoms with E-state index < -0.39 is 7.14 Å². The highest BCUT2D eigenvalue weighted by atomic mass is 31.2. The van der Waals surface area contributed by atoms with Crippen molar-refractivity contribution in [3.63, 3.8) is 0 Å². The van der Waals surface area contributed by atoms with Crippen molar-refractivity contribution in [1.82, 2.24) is 0 Å². The quantitative estimate of drug-likeness (QED) is 0.303. The van der Waals surface area contributed by atoms with Crippen LogP contribution in [0.15, 0.2) is 115 Å². The van der Waals surface area contributed by atoms with Gasteiger partial charge in [0.1, 0.15) is 7.14 Å². The molecule has 5 rings (SSSR count). The van der Waals surface area contributed by atoms with Crippen molar-refractivity contribution in [1.29, 1.82) is 0 Å². The third-order valence-electron chi connectivity index (χ3n) is 5.87. The Morgan fingerprint density at radius 1 is 0.500 bits per heavy atom. The molecule has 0 aromatic heterocycles. The van der Waals surface area contributed by atoms with E-state index >= 15 is 4.57 Å². The summed E-state index contributed by atoms with van der Waals surface area (Å²) in [6, 6.07) is 39.3. The first-order valence-corrected chi connectivity index (χ1v) is 12.2. The SMILES string of the molecule is O=P(CCc1ccccc1)(c1cccc2ccccc12)c1cccc2ccccc12. The van der Waals surface area contributed by atoms with Crippen molar-refractivity contribution in [3.05, 3.63) is 121 Å². The fourth-order valence-corrected chi connectivity index (χ4v) is 7.50. The number of aryl methyl sites for hydroxylation is 1. The molecule has 0 saturated carbocycles. The lowest BCUT2D eigenvalue weighted by Crippen LogP contribution is -2.21. The molecule has 0 aliphatic rings. The Labute approximate surface area is 177 Å². The van der Waals surface area contributed by atoms with Crippen LogP contribution in [0.1, 0.15) is 5.56 Å². The molecule has 5 aromatic carbocycles. The van der Waals surface area contributed by atoms with Crippen LogP contribution >= 0.6 is 7.14 Å². The number of fused-ring (bicyclic) bond motifs is 2. The Morgan fingerprint density at radius 3 is 1.53 bits per heavy atom. The van der Waals surface area contributed by atoms with Crippen LogP contribution in [0.4, 0.5) is 0 Å². The number of hydrogen-bond acceptors (Lipinski definition) is 1. The standard InChI is InChI=1S/C28H23OP/c29-30(21-20-22-10-2-1-3-11-22,27-18-8-14-23-12-4-6-16-25(23)27)28-19-9-15-24-13-5-7-17-26(24)28/h1-19H,20-21H2. The second-order valence-electron chi connectivity index (χ2n) is 7.70. The molecule has 0 spiro atoms. The van der Waals surface area contributed by atoms with Crippen LogP contribution in [0.3, 0.4) is 0 Å². The zero-order valence-electron chi connectivity index (χ0n) is 16.7. The normalized spacial score (nSPS) is 11.7. The average molecular weight is 406 g/mol. The van der Waals surface area contributed by atoms with E-state index in [2.05, 4.69) is 72.8 Å². The number of hydrogen-bond donors (Lipinski definition) is 0. The summed E-state index contributed by atoms with van der Waals surface area (Å²) in [6.45, 7) is 0. The molecule has 0 amide bonds. The van der Waals surface area contributed by atoms with E-state index in [1.807, 2.05) is 42.5 Å². The molecule has 0 aliphatic carbocycles. The van der Waals surface area contributed by atoms with Gasteiger partial charge in [0.2, 0.25) is 0 Å². The van der Waals surface area contributed by atoms with Gasteiger partial charge in [0.25, 0.3) is 0 Å². The Kier molecular flexibility index (Phi) is 4.99. The molecule has 0 saturated heterocycles. The maximum absolute atomic E-state index is 15.0. The van der Waals surface area contributed by atoms with Gasteiger partial charge in [0.05, 0.1) is 0 Å². The smallest absolute Gasteiger partial charge is 0.144 e. The Hall–Kier alpha value is -3.15. The molecule has 1 nitrogen and oxygen atoms in total. The summed E-state index contributed by atoms with van der Waals surface area (Å²) in [5.41, 5.74) is 1.22. The van der Waals surface area contributed by atoms with E-state index in [1.54, 1.807) is 0 Å². The van der Waals surface area contributed by atoms with Crippen molar-refractivity contribution >= 4 is 39.3 Å². The molecular weight excluding hydrogens is 383 g/mol. The second kappa shape index (κ2) is 7.94. The first kappa shape index (κ1) is 18.9. The minimum Gasteiger partial charge on any atom is -0.314 e. The van der Waals surface area contributed by atoms with Gasteiger partial charge in [-0.1, -0.05) is 115 Å². The lowest BCUT2D eigenvalue weighted by Gasteiger charge is -2.23. The molecule has 0 radical (unpaired) electrons. The summed E-state index contributed by atoms with van der Waals surface area (Å²) in [5, 5.41) is 6.37. The van der Waals surface area contributed by atoms with Gasteiger partial charge in [0, 0.05) is 16.8 Å². The van der Waals surface area contributed by atoms with Gasteiger partial charge in [-0.15, -0.1) is 0 Å². The van der Waals surface area contributed by atoms with Crippen LogP contribution in [0.5, 0.6) is 0 Å². The zero-order chi connectivity index (χ0) is 20.4. The molecule has 0 fully saturated rings. The predicted octanol–water partition coefficient (Wildman–Crippen LogP) is 6.55. The van der Waals surface area contributed by atoms with E-state index in [0.717, 1.165) is 38.6 Å². The van der Waals surface area contributed by atoms with Gasteiger partial charge in [-0.3, -0.25) is 0 Å². The van der Waals surface area contributed by atoms with Crippen LogP contribution < -0.4 is 10.6 Å². The summed E-state index contributed by atoms with van der Waals surface area (Å²) in [4.78, 5) is 0. The highest BCUT2D eigenvalue weighted by Gasteiger charge is 2.30. The summed E-state index contributed by atoms with van der Waals surface area (Å²) in [7, 11) is -2.88. The van der Waals surface area contributed by atoms with E-state index in [0.29, 0.717) is 6.16 Å². The van der Waals surface area contributed by atoms with Gasteiger partial charge in [-0.2, -0.15) is 0 Å². The van der Waals surface area contributed by atoms with Crippen LogP contribution in [0, 0.1) is 0 Å². The molecular formula is C28H23OP. The Bertz CT molecular complexity index is 1280. The van der Waals surface area contributed by atoms with Gasteiger partial charge in [0.15, 0.2) is 0 Å². The molecule has 0 unspecified atom stereocenters. The molecule has 0 heterocycles. The fraction of sp³-hybridized carbons (Fsp3) is 0.0714. The average Bonchev–Trinajstić information content (AvgIpc) is 2.82. The summed E-state index contributed by atoms with van der Waals surface area (Å²) >= 11 is 0. The summed E-state index contributed by atoms with van der Waals surface area (Å²) < 4.78 is 15.0. The highest BCUT2D eigenvalue weighted by molar-refractivity contribution is 7.79. The van der Waals surface area contributed by atoms with Gasteiger partial charge >= 0.3 is 0 Å². The number of benzene rings is 5. The van der Waals surface area contributed by atoms with Crippen molar-refractivity contribution in [3.8, 4) is 0 Å². The fourth-order valence-electron chi connectivity index (χ4n) is 4.35. The van der Waals surface area contributed by atoms with Gasteiger partial charge in [-0.05, 0) is 33.5 Å². The second-order valence-corrected chi connectivity index (χ2v) is 10.6. The third-order valence-corrected chi connectivity index (χ3v) is 9.06. The van der Waals surface area contributed by atoms with Crippen molar-refractivity contribution < 1.29 is 4.57 Å². The first-order valence-electron chi connectivity index (χ1n) is 10.4. The zero-order valence-corrected chi connectivity index (χ0v) is 17.6. The minimum absolute atomic E-state index is 0.610. The predicted molar refractivity (Wildman–Crippen MR) is 130 cm³/mol. The lowest BCUT2D eigenvalue weighted by molar-refractivity contribution is 0.587. The number of rotatable bonds is 5. The Morgan fingerprint density at radius 2 is 0.967 bits per heavy atom. The van der Waals surface area contributed by atoms with Crippen molar-refractivity contribution in [2.75, 3.05) is 6.16 Å². The van der Waals surface area contributed by atoms with E-state index in [-0.39, 0.29) is 0 Å². The molecule has 146 valence electrons. The molecule has 5 aromatic rings. The molecule has 30 heavy (non-hydrogen) atoms. The Balaban J connectivity index is 1.74. The van der Waals surface area contributed by atoms with Crippen LogP contribution in [-0.2, 0) is 11.0 Å². The van der Waals surface area contributed by atoms with Crippen LogP contribution in [0.25, 0.3) is 21.5 Å². The molecule has 2 heteroatoms. The summed E-state index contributed by atoms with van der Waals surface area (Å²) in [5.74, 6) is 0. The van der Waals surface area contributed by atoms with E-state index in [1.165, 1.54) is 5.56 Å². The molecule has 0 N–H and O–H groups in total. The molecule has 0 atom stereocenters. The van der Waals surface area contributed by atoms with E-state index in [9.17, 15) is 0 Å². The van der Waals surface area contributed by atoms with Crippen LogP contribution in [-0.4, -0.2) is 6.16 Å². The highest BCUT2D eigenvalue weighted by Crippen LogP contribution is 2.47.